The van der Waals surface area contributed by atoms with Gasteiger partial charge in [-0.25, -0.2) is 8.78 Å². The highest BCUT2D eigenvalue weighted by Gasteiger charge is 2.16. The van der Waals surface area contributed by atoms with Crippen LogP contribution in [0.5, 0.6) is 0 Å². The molecule has 66 valence electrons. The normalized spacial score (nSPS) is 10.8. The zero-order valence-electron chi connectivity index (χ0n) is 6.97. The van der Waals surface area contributed by atoms with Crippen molar-refractivity contribution in [3.05, 3.63) is 0 Å². The summed E-state index contributed by atoms with van der Waals surface area (Å²) in [4.78, 5) is 12.2. The molecule has 0 aliphatic heterocycles. The molecule has 0 bridgehead atoms. The van der Waals surface area contributed by atoms with Crippen molar-refractivity contribution in [2.24, 2.45) is 0 Å². The van der Waals surface area contributed by atoms with Crippen molar-refractivity contribution in [1.82, 2.24) is 4.90 Å². The van der Waals surface area contributed by atoms with Gasteiger partial charge in [0.1, 0.15) is 0 Å². The minimum atomic E-state index is -2.54. The molecule has 0 heterocycles. The van der Waals surface area contributed by atoms with E-state index >= 15 is 0 Å². The van der Waals surface area contributed by atoms with E-state index in [0.29, 0.717) is 0 Å². The summed E-state index contributed by atoms with van der Waals surface area (Å²) < 4.78 is 23.3. The summed E-state index contributed by atoms with van der Waals surface area (Å²) in [6.07, 6.45) is -3.21. The molecule has 0 saturated carbocycles. The van der Waals surface area contributed by atoms with Gasteiger partial charge in [0.15, 0.2) is 0 Å². The smallest absolute Gasteiger partial charge is 0.247 e. The van der Waals surface area contributed by atoms with E-state index < -0.39 is 18.8 Å². The monoisotopic (exact) mass is 165 g/mol. The second kappa shape index (κ2) is 4.26. The van der Waals surface area contributed by atoms with Crippen molar-refractivity contribution in [1.29, 1.82) is 0 Å². The highest BCUT2D eigenvalue weighted by Crippen LogP contribution is 2.04. The summed E-state index contributed by atoms with van der Waals surface area (Å²) >= 11 is 0. The Balaban J connectivity index is 3.83. The summed E-state index contributed by atoms with van der Waals surface area (Å²) in [6.45, 7) is 3.56. The van der Waals surface area contributed by atoms with E-state index in [1.807, 2.05) is 0 Å². The van der Waals surface area contributed by atoms with Crippen LogP contribution in [0.2, 0.25) is 0 Å². The van der Waals surface area contributed by atoms with Crippen molar-refractivity contribution in [3.63, 3.8) is 0 Å². The average Bonchev–Trinajstić information content (AvgIpc) is 1.84. The first-order valence-electron chi connectivity index (χ1n) is 3.49. The fourth-order valence-corrected chi connectivity index (χ4v) is 0.564. The molecule has 11 heavy (non-hydrogen) atoms. The van der Waals surface area contributed by atoms with Crippen LogP contribution in [0.1, 0.15) is 20.3 Å². The Morgan fingerprint density at radius 2 is 1.91 bits per heavy atom. The number of amides is 1. The Hall–Kier alpha value is -0.670. The van der Waals surface area contributed by atoms with Gasteiger partial charge in [-0.3, -0.25) is 4.79 Å². The van der Waals surface area contributed by atoms with E-state index in [9.17, 15) is 13.6 Å². The van der Waals surface area contributed by atoms with Crippen LogP contribution in [0.25, 0.3) is 0 Å². The Bertz CT molecular complexity index is 136. The van der Waals surface area contributed by atoms with Crippen molar-refractivity contribution in [2.45, 2.75) is 32.7 Å². The van der Waals surface area contributed by atoms with Crippen LogP contribution in [0.3, 0.4) is 0 Å². The average molecular weight is 165 g/mol. The largest absolute Gasteiger partial charge is 0.343 e. The van der Waals surface area contributed by atoms with Gasteiger partial charge in [-0.2, -0.15) is 0 Å². The number of hydrogen-bond donors (Lipinski definition) is 0. The lowest BCUT2D eigenvalue weighted by atomic mass is 10.3. The molecule has 0 atom stereocenters. The first kappa shape index (κ1) is 10.3. The molecule has 1 amide bonds. The van der Waals surface area contributed by atoms with Crippen LogP contribution < -0.4 is 0 Å². The summed E-state index contributed by atoms with van der Waals surface area (Å²) in [7, 11) is 1.52. The Morgan fingerprint density at radius 3 is 2.18 bits per heavy atom. The number of rotatable bonds is 3. The molecule has 0 aliphatic carbocycles. The van der Waals surface area contributed by atoms with Gasteiger partial charge < -0.3 is 4.90 Å². The molecular weight excluding hydrogens is 152 g/mol. The third kappa shape index (κ3) is 3.91. The molecule has 2 nitrogen and oxygen atoms in total. The molecule has 0 aromatic rings. The topological polar surface area (TPSA) is 20.3 Å². The fourth-order valence-electron chi connectivity index (χ4n) is 0.564. The quantitative estimate of drug-likeness (QED) is 0.620. The zero-order chi connectivity index (χ0) is 9.02. The third-order valence-corrected chi connectivity index (χ3v) is 1.50. The van der Waals surface area contributed by atoms with E-state index in [0.717, 1.165) is 0 Å². The van der Waals surface area contributed by atoms with Crippen LogP contribution in [-0.4, -0.2) is 30.3 Å². The van der Waals surface area contributed by atoms with Gasteiger partial charge in [0, 0.05) is 13.1 Å². The minimum absolute atomic E-state index is 0.0127. The highest BCUT2D eigenvalue weighted by molar-refractivity contribution is 5.76. The zero-order valence-corrected chi connectivity index (χ0v) is 6.97. The van der Waals surface area contributed by atoms with E-state index in [-0.39, 0.29) is 6.04 Å². The number of hydrogen-bond acceptors (Lipinski definition) is 1. The number of halogens is 2. The molecular formula is C7H13F2NO. The van der Waals surface area contributed by atoms with Crippen molar-refractivity contribution >= 4 is 5.91 Å². The Morgan fingerprint density at radius 1 is 1.45 bits per heavy atom. The number of carbonyl (C=O) groups excluding carboxylic acids is 1. The van der Waals surface area contributed by atoms with E-state index in [1.165, 1.54) is 11.9 Å². The molecule has 0 aromatic carbocycles. The summed E-state index contributed by atoms with van der Waals surface area (Å²) in [5, 5.41) is 0. The van der Waals surface area contributed by atoms with Gasteiger partial charge >= 0.3 is 0 Å². The molecule has 0 saturated heterocycles. The SMILES string of the molecule is CC(C)N(C)C(=O)CC(F)F. The molecule has 0 rings (SSSR count). The Labute approximate surface area is 65.2 Å². The second-order valence-corrected chi connectivity index (χ2v) is 2.69. The molecule has 0 fully saturated rings. The lowest BCUT2D eigenvalue weighted by molar-refractivity contribution is -0.134. The summed E-state index contributed by atoms with van der Waals surface area (Å²) in [5.74, 6) is -0.505. The summed E-state index contributed by atoms with van der Waals surface area (Å²) in [5.41, 5.74) is 0. The third-order valence-electron chi connectivity index (χ3n) is 1.50. The van der Waals surface area contributed by atoms with Gasteiger partial charge in [-0.1, -0.05) is 0 Å². The van der Waals surface area contributed by atoms with Crippen LogP contribution in [-0.2, 0) is 4.79 Å². The van der Waals surface area contributed by atoms with Crippen molar-refractivity contribution in [3.8, 4) is 0 Å². The first-order valence-corrected chi connectivity index (χ1v) is 3.49. The van der Waals surface area contributed by atoms with Crippen LogP contribution in [0.15, 0.2) is 0 Å². The Kier molecular flexibility index (Phi) is 4.00. The predicted molar refractivity (Wildman–Crippen MR) is 38.5 cm³/mol. The van der Waals surface area contributed by atoms with Crippen molar-refractivity contribution in [2.75, 3.05) is 7.05 Å². The molecule has 0 N–H and O–H groups in total. The van der Waals surface area contributed by atoms with Gasteiger partial charge in [0.05, 0.1) is 6.42 Å². The maximum Gasteiger partial charge on any atom is 0.247 e. The van der Waals surface area contributed by atoms with Crippen LogP contribution >= 0.6 is 0 Å². The number of alkyl halides is 2. The summed E-state index contributed by atoms with van der Waals surface area (Å²) in [6, 6.07) is -0.0127. The molecule has 0 radical (unpaired) electrons. The molecule has 4 heteroatoms. The highest BCUT2D eigenvalue weighted by atomic mass is 19.3. The first-order chi connectivity index (χ1) is 4.95. The maximum atomic E-state index is 11.7. The number of nitrogens with zero attached hydrogens (tertiary/aromatic N) is 1. The van der Waals surface area contributed by atoms with Gasteiger partial charge in [-0.05, 0) is 13.8 Å². The lowest BCUT2D eigenvalue weighted by Crippen LogP contribution is -2.33. The standard InChI is InChI=1S/C7H13F2NO/c1-5(2)10(3)7(11)4-6(8)9/h5-6H,4H2,1-3H3. The van der Waals surface area contributed by atoms with Gasteiger partial charge in [0.2, 0.25) is 12.3 Å². The predicted octanol–water partition coefficient (Wildman–Crippen LogP) is 1.51. The van der Waals surface area contributed by atoms with E-state index in [2.05, 4.69) is 0 Å². The minimum Gasteiger partial charge on any atom is -0.343 e. The number of carbonyl (C=O) groups is 1. The molecule has 0 aliphatic rings. The lowest BCUT2D eigenvalue weighted by Gasteiger charge is -2.20. The van der Waals surface area contributed by atoms with Crippen LogP contribution in [0.4, 0.5) is 8.78 Å². The van der Waals surface area contributed by atoms with E-state index in [4.69, 9.17) is 0 Å². The van der Waals surface area contributed by atoms with Crippen molar-refractivity contribution < 1.29 is 13.6 Å². The van der Waals surface area contributed by atoms with Gasteiger partial charge in [-0.15, -0.1) is 0 Å². The molecule has 0 spiro atoms. The fraction of sp³-hybridized carbons (Fsp3) is 0.857. The second-order valence-electron chi connectivity index (χ2n) is 2.69. The molecule has 0 aromatic heterocycles. The maximum absolute atomic E-state index is 11.7. The molecule has 0 unspecified atom stereocenters. The van der Waals surface area contributed by atoms with E-state index in [1.54, 1.807) is 13.8 Å². The van der Waals surface area contributed by atoms with Gasteiger partial charge in [0.25, 0.3) is 0 Å². The van der Waals surface area contributed by atoms with Crippen LogP contribution in [0, 0.1) is 0 Å².